The van der Waals surface area contributed by atoms with Crippen LogP contribution in [0.2, 0.25) is 0 Å². The number of unbranched alkanes of at least 4 members (excludes halogenated alkanes) is 7. The predicted molar refractivity (Wildman–Crippen MR) is 89.7 cm³/mol. The molecule has 0 fully saturated rings. The van der Waals surface area contributed by atoms with Gasteiger partial charge in [0.1, 0.15) is 0 Å². The Hall–Kier alpha value is -1.29. The van der Waals surface area contributed by atoms with Crippen molar-refractivity contribution in [3.8, 4) is 0 Å². The van der Waals surface area contributed by atoms with Gasteiger partial charge in [0.2, 0.25) is 0 Å². The van der Waals surface area contributed by atoms with Crippen LogP contribution < -0.4 is 0 Å². The maximum atomic E-state index is 10.7. The van der Waals surface area contributed by atoms with Crippen molar-refractivity contribution in [2.24, 2.45) is 0 Å². The summed E-state index contributed by atoms with van der Waals surface area (Å²) in [6.45, 7) is 2.16. The minimum atomic E-state index is -0.547. The number of hydrogen-bond acceptors (Lipinski definition) is 4. The highest BCUT2D eigenvalue weighted by molar-refractivity contribution is 5.68. The smallest absolute Gasteiger partial charge is 0.342 e. The van der Waals surface area contributed by atoms with Crippen LogP contribution in [0.4, 0.5) is 0 Å². The van der Waals surface area contributed by atoms with E-state index in [-0.39, 0.29) is 0 Å². The van der Waals surface area contributed by atoms with E-state index in [1.165, 1.54) is 12.8 Å². The second-order valence-corrected chi connectivity index (χ2v) is 5.63. The first-order valence-electron chi connectivity index (χ1n) is 8.58. The van der Waals surface area contributed by atoms with Crippen LogP contribution in [-0.4, -0.2) is 16.3 Å². The number of carbonyl (C=O) groups excluding carboxylic acids is 1. The molecule has 0 radical (unpaired) electrons. The predicted octanol–water partition coefficient (Wildman–Crippen LogP) is 5.70. The third-order valence-corrected chi connectivity index (χ3v) is 3.55. The maximum Gasteiger partial charge on any atom is 0.342 e. The number of rotatable bonds is 14. The summed E-state index contributed by atoms with van der Waals surface area (Å²) in [6.07, 6.45) is 17.7. The molecule has 0 atom stereocenters. The fourth-order valence-corrected chi connectivity index (χ4v) is 2.18. The van der Waals surface area contributed by atoms with Crippen molar-refractivity contribution in [2.45, 2.75) is 84.0 Å². The van der Waals surface area contributed by atoms with E-state index in [2.05, 4.69) is 24.0 Å². The van der Waals surface area contributed by atoms with E-state index < -0.39 is 5.97 Å². The zero-order valence-corrected chi connectivity index (χ0v) is 13.9. The summed E-state index contributed by atoms with van der Waals surface area (Å²) >= 11 is 0. The summed E-state index contributed by atoms with van der Waals surface area (Å²) in [4.78, 5) is 14.3. The Morgan fingerprint density at radius 1 is 0.955 bits per heavy atom. The molecular formula is C18H32O4. The van der Waals surface area contributed by atoms with E-state index >= 15 is 0 Å². The summed E-state index contributed by atoms with van der Waals surface area (Å²) in [5.41, 5.74) is 0. The van der Waals surface area contributed by atoms with Gasteiger partial charge >= 0.3 is 5.97 Å². The van der Waals surface area contributed by atoms with E-state index in [4.69, 9.17) is 5.26 Å². The molecule has 0 aromatic carbocycles. The van der Waals surface area contributed by atoms with Gasteiger partial charge in [-0.05, 0) is 38.2 Å². The van der Waals surface area contributed by atoms with Gasteiger partial charge in [-0.15, -0.1) is 0 Å². The van der Waals surface area contributed by atoms with Crippen LogP contribution >= 0.6 is 0 Å². The van der Waals surface area contributed by atoms with Crippen LogP contribution in [0.5, 0.6) is 0 Å². The SMILES string of the molecule is CCCCC/C(O)=C\C/C=C\CCCCCCCC(=O)OO. The van der Waals surface area contributed by atoms with Crippen molar-refractivity contribution in [2.75, 3.05) is 0 Å². The highest BCUT2D eigenvalue weighted by Gasteiger charge is 2.00. The summed E-state index contributed by atoms with van der Waals surface area (Å²) in [6, 6.07) is 0. The van der Waals surface area contributed by atoms with Crippen LogP contribution in [0, 0.1) is 0 Å². The van der Waals surface area contributed by atoms with E-state index in [0.29, 0.717) is 12.2 Å². The Bertz CT molecular complexity index is 321. The molecule has 0 saturated carbocycles. The zero-order chi connectivity index (χ0) is 16.5. The minimum Gasteiger partial charge on any atom is -0.513 e. The van der Waals surface area contributed by atoms with Crippen LogP contribution in [0.15, 0.2) is 24.0 Å². The molecule has 0 aliphatic heterocycles. The molecule has 0 unspecified atom stereocenters. The molecule has 128 valence electrons. The van der Waals surface area contributed by atoms with Crippen LogP contribution in [0.1, 0.15) is 84.0 Å². The quantitative estimate of drug-likeness (QED) is 0.142. The van der Waals surface area contributed by atoms with Gasteiger partial charge in [-0.1, -0.05) is 51.2 Å². The molecule has 2 N–H and O–H groups in total. The van der Waals surface area contributed by atoms with Gasteiger partial charge in [0.05, 0.1) is 5.76 Å². The fraction of sp³-hybridized carbons (Fsp3) is 0.722. The molecule has 0 spiro atoms. The van der Waals surface area contributed by atoms with Gasteiger partial charge in [0.25, 0.3) is 0 Å². The standard InChI is InChI=1S/C18H32O4/c1-2-3-11-14-17(19)15-12-9-7-5-4-6-8-10-13-16-18(20)22-21/h7,9,15,19,21H,2-6,8,10-14,16H2,1H3/b9-7-,17-15+. The van der Waals surface area contributed by atoms with Crippen molar-refractivity contribution in [3.05, 3.63) is 24.0 Å². The lowest BCUT2D eigenvalue weighted by molar-refractivity contribution is -0.234. The van der Waals surface area contributed by atoms with Crippen molar-refractivity contribution in [3.63, 3.8) is 0 Å². The Balaban J connectivity index is 3.37. The summed E-state index contributed by atoms with van der Waals surface area (Å²) < 4.78 is 0. The zero-order valence-electron chi connectivity index (χ0n) is 13.9. The molecule has 4 heteroatoms. The number of aliphatic hydroxyl groups excluding tert-OH is 1. The third kappa shape index (κ3) is 15.1. The average Bonchev–Trinajstić information content (AvgIpc) is 2.52. The fourth-order valence-electron chi connectivity index (χ4n) is 2.18. The van der Waals surface area contributed by atoms with Crippen molar-refractivity contribution in [1.29, 1.82) is 0 Å². The lowest BCUT2D eigenvalue weighted by Gasteiger charge is -1.99. The second kappa shape index (κ2) is 16.1. The van der Waals surface area contributed by atoms with Crippen molar-refractivity contribution in [1.82, 2.24) is 0 Å². The summed E-state index contributed by atoms with van der Waals surface area (Å²) in [5.74, 6) is -0.0339. The molecule has 0 aromatic heterocycles. The highest BCUT2D eigenvalue weighted by atomic mass is 17.1. The lowest BCUT2D eigenvalue weighted by Crippen LogP contribution is -1.99. The molecular weight excluding hydrogens is 280 g/mol. The van der Waals surface area contributed by atoms with Gasteiger partial charge < -0.3 is 9.99 Å². The Morgan fingerprint density at radius 3 is 2.36 bits per heavy atom. The molecule has 0 bridgehead atoms. The number of allylic oxidation sites excluding steroid dienone is 4. The molecule has 22 heavy (non-hydrogen) atoms. The van der Waals surface area contributed by atoms with Crippen LogP contribution in [0.3, 0.4) is 0 Å². The van der Waals surface area contributed by atoms with E-state index in [0.717, 1.165) is 57.8 Å². The number of hydrogen-bond donors (Lipinski definition) is 2. The van der Waals surface area contributed by atoms with E-state index in [1.807, 2.05) is 6.08 Å². The van der Waals surface area contributed by atoms with E-state index in [9.17, 15) is 9.90 Å². The monoisotopic (exact) mass is 312 g/mol. The largest absolute Gasteiger partial charge is 0.513 e. The summed E-state index contributed by atoms with van der Waals surface area (Å²) in [7, 11) is 0. The molecule has 0 aromatic rings. The molecule has 0 aliphatic carbocycles. The Kier molecular flexibility index (Phi) is 15.1. The Labute approximate surface area is 134 Å². The normalized spacial score (nSPS) is 12.0. The number of aliphatic hydroxyl groups is 1. The molecule has 0 saturated heterocycles. The van der Waals surface area contributed by atoms with Crippen molar-refractivity contribution >= 4 is 5.97 Å². The molecule has 0 aliphatic rings. The molecule has 0 heterocycles. The average molecular weight is 312 g/mol. The van der Waals surface area contributed by atoms with Crippen molar-refractivity contribution < 1.29 is 20.0 Å². The summed E-state index contributed by atoms with van der Waals surface area (Å²) in [5, 5.41) is 17.7. The van der Waals surface area contributed by atoms with Gasteiger partial charge in [-0.2, -0.15) is 5.26 Å². The first-order chi connectivity index (χ1) is 10.7. The minimum absolute atomic E-state index is 0.296. The van der Waals surface area contributed by atoms with E-state index in [1.54, 1.807) is 0 Å². The van der Waals surface area contributed by atoms with Gasteiger partial charge in [0.15, 0.2) is 0 Å². The molecule has 0 rings (SSSR count). The second-order valence-electron chi connectivity index (χ2n) is 5.63. The van der Waals surface area contributed by atoms with Crippen LogP contribution in [0.25, 0.3) is 0 Å². The first kappa shape index (κ1) is 20.7. The highest BCUT2D eigenvalue weighted by Crippen LogP contribution is 2.09. The third-order valence-electron chi connectivity index (χ3n) is 3.55. The maximum absolute atomic E-state index is 10.7. The molecule has 4 nitrogen and oxygen atoms in total. The topological polar surface area (TPSA) is 66.8 Å². The number of carbonyl (C=O) groups is 1. The Morgan fingerprint density at radius 2 is 1.64 bits per heavy atom. The lowest BCUT2D eigenvalue weighted by atomic mass is 10.1. The van der Waals surface area contributed by atoms with Crippen LogP contribution in [-0.2, 0) is 9.68 Å². The molecule has 0 amide bonds. The first-order valence-corrected chi connectivity index (χ1v) is 8.58. The van der Waals surface area contributed by atoms with Gasteiger partial charge in [-0.25, -0.2) is 4.79 Å². The van der Waals surface area contributed by atoms with Gasteiger partial charge in [-0.3, -0.25) is 0 Å². The van der Waals surface area contributed by atoms with Gasteiger partial charge in [0, 0.05) is 12.8 Å².